The van der Waals surface area contributed by atoms with Gasteiger partial charge in [-0.05, 0) is 62.6 Å². The van der Waals surface area contributed by atoms with Crippen LogP contribution in [0, 0.1) is 0 Å². The molecule has 0 bridgehead atoms. The fourth-order valence-electron chi connectivity index (χ4n) is 3.52. The number of likely N-dealkylation sites (tertiary alicyclic amines) is 1. The number of nitrogens with one attached hydrogen (secondary N) is 1. The number of sulfonamides is 1. The van der Waals surface area contributed by atoms with Crippen molar-refractivity contribution < 1.29 is 17.9 Å². The Labute approximate surface area is 166 Å². The lowest BCUT2D eigenvalue weighted by atomic mass is 10.0. The molecule has 1 N–H and O–H groups in total. The largest absolute Gasteiger partial charge is 0.497 e. The Kier molecular flexibility index (Phi) is 6.05. The van der Waals surface area contributed by atoms with Crippen LogP contribution in [-0.4, -0.2) is 38.9 Å². The third-order valence-electron chi connectivity index (χ3n) is 4.80. The minimum Gasteiger partial charge on any atom is -0.497 e. The molecule has 1 aliphatic heterocycles. The third kappa shape index (κ3) is 4.36. The summed E-state index contributed by atoms with van der Waals surface area (Å²) in [4.78, 5) is 15.1. The van der Waals surface area contributed by atoms with E-state index in [-0.39, 0.29) is 22.9 Å². The molecule has 6 nitrogen and oxygen atoms in total. The second-order valence-corrected chi connectivity index (χ2v) is 8.95. The summed E-state index contributed by atoms with van der Waals surface area (Å²) in [5.41, 5.74) is 1.43. The second-order valence-electron chi connectivity index (χ2n) is 7.23. The van der Waals surface area contributed by atoms with Gasteiger partial charge in [0, 0.05) is 18.2 Å². The van der Waals surface area contributed by atoms with Gasteiger partial charge in [0.2, 0.25) is 10.0 Å². The number of rotatable bonds is 6. The van der Waals surface area contributed by atoms with Gasteiger partial charge in [-0.3, -0.25) is 4.79 Å². The number of amides is 1. The molecule has 2 aromatic carbocycles. The molecular formula is C21H26N2O4S. The molecular weight excluding hydrogens is 376 g/mol. The van der Waals surface area contributed by atoms with Gasteiger partial charge in [0.15, 0.2) is 0 Å². The number of hydrogen-bond acceptors (Lipinski definition) is 4. The Balaban J connectivity index is 1.85. The SMILES string of the molecule is COc1ccc(C2CCCN2C(=O)c2cccc(S(=O)(=O)NC(C)C)c2)cc1. The lowest BCUT2D eigenvalue weighted by molar-refractivity contribution is 0.0735. The van der Waals surface area contributed by atoms with Crippen molar-refractivity contribution >= 4 is 15.9 Å². The van der Waals surface area contributed by atoms with Crippen molar-refractivity contribution in [2.75, 3.05) is 13.7 Å². The molecule has 0 radical (unpaired) electrons. The molecule has 0 spiro atoms. The molecule has 1 fully saturated rings. The number of methoxy groups -OCH3 is 1. The highest BCUT2D eigenvalue weighted by molar-refractivity contribution is 7.89. The summed E-state index contributed by atoms with van der Waals surface area (Å²) in [5.74, 6) is 0.620. The lowest BCUT2D eigenvalue weighted by Gasteiger charge is -2.25. The Morgan fingerprint density at radius 1 is 1.18 bits per heavy atom. The molecule has 150 valence electrons. The minimum atomic E-state index is -3.65. The summed E-state index contributed by atoms with van der Waals surface area (Å²) >= 11 is 0. The van der Waals surface area contributed by atoms with E-state index in [1.807, 2.05) is 29.2 Å². The highest BCUT2D eigenvalue weighted by Gasteiger charge is 2.31. The number of carbonyl (C=O) groups excluding carboxylic acids is 1. The quantitative estimate of drug-likeness (QED) is 0.804. The topological polar surface area (TPSA) is 75.7 Å². The maximum atomic E-state index is 13.1. The van der Waals surface area contributed by atoms with Crippen molar-refractivity contribution in [2.24, 2.45) is 0 Å². The summed E-state index contributed by atoms with van der Waals surface area (Å²) in [5, 5.41) is 0. The van der Waals surface area contributed by atoms with Gasteiger partial charge in [0.05, 0.1) is 18.0 Å². The molecule has 7 heteroatoms. The Morgan fingerprint density at radius 3 is 2.54 bits per heavy atom. The highest BCUT2D eigenvalue weighted by atomic mass is 32.2. The average Bonchev–Trinajstić information content (AvgIpc) is 3.16. The first kappa shape index (κ1) is 20.4. The number of nitrogens with zero attached hydrogens (tertiary/aromatic N) is 1. The molecule has 1 aliphatic rings. The summed E-state index contributed by atoms with van der Waals surface area (Å²) in [7, 11) is -2.03. The zero-order valence-corrected chi connectivity index (χ0v) is 17.2. The molecule has 1 unspecified atom stereocenters. The van der Waals surface area contributed by atoms with Gasteiger partial charge in [0.25, 0.3) is 5.91 Å². The van der Waals surface area contributed by atoms with Gasteiger partial charge in [-0.25, -0.2) is 13.1 Å². The minimum absolute atomic E-state index is 0.0209. The van der Waals surface area contributed by atoms with Gasteiger partial charge >= 0.3 is 0 Å². The van der Waals surface area contributed by atoms with Crippen molar-refractivity contribution in [2.45, 2.75) is 43.7 Å². The van der Waals surface area contributed by atoms with Crippen LogP contribution < -0.4 is 9.46 Å². The molecule has 0 aromatic heterocycles. The highest BCUT2D eigenvalue weighted by Crippen LogP contribution is 2.34. The van der Waals surface area contributed by atoms with Crippen LogP contribution in [0.1, 0.15) is 48.7 Å². The van der Waals surface area contributed by atoms with Crippen LogP contribution >= 0.6 is 0 Å². The Morgan fingerprint density at radius 2 is 1.89 bits per heavy atom. The number of benzene rings is 2. The number of ether oxygens (including phenoxy) is 1. The van der Waals surface area contributed by atoms with Crippen molar-refractivity contribution in [1.82, 2.24) is 9.62 Å². The maximum Gasteiger partial charge on any atom is 0.254 e. The van der Waals surface area contributed by atoms with Gasteiger partial charge in [-0.1, -0.05) is 18.2 Å². The molecule has 0 aliphatic carbocycles. The van der Waals surface area contributed by atoms with Crippen LogP contribution in [0.2, 0.25) is 0 Å². The smallest absolute Gasteiger partial charge is 0.254 e. The van der Waals surface area contributed by atoms with Gasteiger partial charge in [-0.15, -0.1) is 0 Å². The molecule has 28 heavy (non-hydrogen) atoms. The van der Waals surface area contributed by atoms with Crippen molar-refractivity contribution in [3.63, 3.8) is 0 Å². The van der Waals surface area contributed by atoms with E-state index in [1.54, 1.807) is 33.1 Å². The number of carbonyl (C=O) groups is 1. The first-order chi connectivity index (χ1) is 13.3. The van der Waals surface area contributed by atoms with Crippen LogP contribution in [-0.2, 0) is 10.0 Å². The van der Waals surface area contributed by atoms with Crippen LogP contribution in [0.25, 0.3) is 0 Å². The molecule has 1 heterocycles. The Bertz CT molecular complexity index is 939. The van der Waals surface area contributed by atoms with E-state index in [9.17, 15) is 13.2 Å². The summed E-state index contributed by atoms with van der Waals surface area (Å²) in [6.45, 7) is 4.17. The fourth-order valence-corrected chi connectivity index (χ4v) is 4.82. The van der Waals surface area contributed by atoms with Gasteiger partial charge in [0.1, 0.15) is 5.75 Å². The molecule has 0 saturated carbocycles. The first-order valence-corrected chi connectivity index (χ1v) is 10.9. The normalized spacial score (nSPS) is 17.1. The standard InChI is InChI=1S/C21H26N2O4S/c1-15(2)22-28(25,26)19-7-4-6-17(14-19)21(24)23-13-5-8-20(23)16-9-11-18(27-3)12-10-16/h4,6-7,9-12,14-15,20,22H,5,8,13H2,1-3H3. The van der Waals surface area contributed by atoms with Gasteiger partial charge in [-0.2, -0.15) is 0 Å². The summed E-state index contributed by atoms with van der Waals surface area (Å²) < 4.78 is 32.6. The van der Waals surface area contributed by atoms with E-state index >= 15 is 0 Å². The molecule has 1 atom stereocenters. The third-order valence-corrected chi connectivity index (χ3v) is 6.45. The monoisotopic (exact) mass is 402 g/mol. The molecule has 2 aromatic rings. The fraction of sp³-hybridized carbons (Fsp3) is 0.381. The van der Waals surface area contributed by atoms with E-state index in [2.05, 4.69) is 4.72 Å². The van der Waals surface area contributed by atoms with E-state index in [0.717, 1.165) is 24.2 Å². The molecule has 3 rings (SSSR count). The van der Waals surface area contributed by atoms with Crippen LogP contribution in [0.15, 0.2) is 53.4 Å². The molecule has 1 saturated heterocycles. The van der Waals surface area contributed by atoms with E-state index in [4.69, 9.17) is 4.74 Å². The van der Waals surface area contributed by atoms with Gasteiger partial charge < -0.3 is 9.64 Å². The molecule has 1 amide bonds. The zero-order chi connectivity index (χ0) is 20.3. The predicted octanol–water partition coefficient (Wildman–Crippen LogP) is 3.36. The van der Waals surface area contributed by atoms with E-state index in [1.165, 1.54) is 12.1 Å². The van der Waals surface area contributed by atoms with Crippen LogP contribution in [0.5, 0.6) is 5.75 Å². The van der Waals surface area contributed by atoms with Crippen LogP contribution in [0.3, 0.4) is 0 Å². The van der Waals surface area contributed by atoms with Crippen molar-refractivity contribution in [1.29, 1.82) is 0 Å². The maximum absolute atomic E-state index is 13.1. The average molecular weight is 403 g/mol. The summed E-state index contributed by atoms with van der Waals surface area (Å²) in [6.07, 6.45) is 1.79. The summed E-state index contributed by atoms with van der Waals surface area (Å²) in [6, 6.07) is 13.7. The zero-order valence-electron chi connectivity index (χ0n) is 16.4. The predicted molar refractivity (Wildman–Crippen MR) is 108 cm³/mol. The van der Waals surface area contributed by atoms with E-state index in [0.29, 0.717) is 12.1 Å². The van der Waals surface area contributed by atoms with E-state index < -0.39 is 10.0 Å². The Hall–Kier alpha value is -2.38. The lowest BCUT2D eigenvalue weighted by Crippen LogP contribution is -2.32. The first-order valence-electron chi connectivity index (χ1n) is 9.39. The van der Waals surface area contributed by atoms with Crippen LogP contribution in [0.4, 0.5) is 0 Å². The number of hydrogen-bond donors (Lipinski definition) is 1. The van der Waals surface area contributed by atoms with Crippen molar-refractivity contribution in [3.05, 3.63) is 59.7 Å². The van der Waals surface area contributed by atoms with Crippen molar-refractivity contribution in [3.8, 4) is 5.75 Å². The second kappa shape index (κ2) is 8.32.